The number of imide groups is 1. The highest BCUT2D eigenvalue weighted by Crippen LogP contribution is 2.23. The van der Waals surface area contributed by atoms with Crippen LogP contribution < -0.4 is 16.1 Å². The maximum absolute atomic E-state index is 12.9. The van der Waals surface area contributed by atoms with Crippen molar-refractivity contribution in [2.24, 2.45) is 0 Å². The Kier molecular flexibility index (Phi) is 6.73. The standard InChI is InChI=1S/C27H21N3O6/c1-17(12-14-20-22(31)16-23(32)29(25(20)34)18-8-4-2-5-9-18)13-15-21-24(33)28-27(36)30(26(21)35)19-10-6-3-7-11-19/h2-15,35H,16H2,1H3,(H,28,33,36)/b15-13+,17-12+,20-14-. The third-order valence-electron chi connectivity index (χ3n) is 5.47. The number of carbonyl (C=O) groups excluding carboxylic acids is 3. The zero-order valence-corrected chi connectivity index (χ0v) is 19.2. The van der Waals surface area contributed by atoms with Gasteiger partial charge < -0.3 is 5.11 Å². The van der Waals surface area contributed by atoms with E-state index >= 15 is 0 Å². The third-order valence-corrected chi connectivity index (χ3v) is 5.47. The minimum atomic E-state index is -0.787. The topological polar surface area (TPSA) is 130 Å². The molecule has 1 saturated heterocycles. The summed E-state index contributed by atoms with van der Waals surface area (Å²) in [6.45, 7) is 1.66. The van der Waals surface area contributed by atoms with Crippen molar-refractivity contribution >= 4 is 29.4 Å². The van der Waals surface area contributed by atoms with Crippen LogP contribution in [0.15, 0.2) is 99.6 Å². The number of anilines is 1. The van der Waals surface area contributed by atoms with E-state index in [0.29, 0.717) is 16.9 Å². The first-order valence-electron chi connectivity index (χ1n) is 10.9. The molecule has 2 amide bonds. The van der Waals surface area contributed by atoms with Gasteiger partial charge in [-0.05, 0) is 43.3 Å². The van der Waals surface area contributed by atoms with Crippen molar-refractivity contribution in [3.8, 4) is 11.6 Å². The fourth-order valence-corrected chi connectivity index (χ4v) is 3.66. The zero-order valence-electron chi connectivity index (χ0n) is 19.2. The first kappa shape index (κ1) is 24.1. The summed E-state index contributed by atoms with van der Waals surface area (Å²) in [5.74, 6) is -2.45. The van der Waals surface area contributed by atoms with Gasteiger partial charge in [0.1, 0.15) is 5.56 Å². The number of aromatic nitrogens is 2. The van der Waals surface area contributed by atoms with Gasteiger partial charge >= 0.3 is 5.69 Å². The van der Waals surface area contributed by atoms with Crippen LogP contribution in [0.5, 0.6) is 5.88 Å². The average Bonchev–Trinajstić information content (AvgIpc) is 2.84. The summed E-state index contributed by atoms with van der Waals surface area (Å²) in [6, 6.07) is 16.6. The molecule has 1 aliphatic rings. The van der Waals surface area contributed by atoms with E-state index in [1.165, 1.54) is 24.3 Å². The average molecular weight is 483 g/mol. The lowest BCUT2D eigenvalue weighted by atomic mass is 9.99. The Morgan fingerprint density at radius 3 is 2.17 bits per heavy atom. The summed E-state index contributed by atoms with van der Waals surface area (Å²) in [7, 11) is 0. The molecule has 9 heteroatoms. The molecule has 0 unspecified atom stereocenters. The van der Waals surface area contributed by atoms with E-state index in [0.717, 1.165) is 9.47 Å². The number of amides is 2. The Hall–Kier alpha value is -5.05. The van der Waals surface area contributed by atoms with Crippen molar-refractivity contribution in [1.29, 1.82) is 0 Å². The van der Waals surface area contributed by atoms with Gasteiger partial charge in [-0.2, -0.15) is 0 Å². The number of nitrogens with zero attached hydrogens (tertiary/aromatic N) is 2. The number of allylic oxidation sites excluding steroid dienone is 4. The molecule has 3 aromatic rings. The summed E-state index contributed by atoms with van der Waals surface area (Å²) < 4.78 is 0.969. The SMILES string of the molecule is CC(/C=C/c1c(O)n(-c2ccccc2)c(=O)[nH]c1=O)=C\C=C1\C(=O)CC(=O)N(c2ccccc2)C1=O. The van der Waals surface area contributed by atoms with Gasteiger partial charge in [-0.3, -0.25) is 24.2 Å². The number of Topliss-reactive ketones (excluding diaryl/α,β-unsaturated/α-hetero) is 1. The lowest BCUT2D eigenvalue weighted by molar-refractivity contribution is -0.131. The highest BCUT2D eigenvalue weighted by Gasteiger charge is 2.36. The summed E-state index contributed by atoms with van der Waals surface area (Å²) in [4.78, 5) is 65.3. The first-order chi connectivity index (χ1) is 17.3. The number of hydrogen-bond acceptors (Lipinski definition) is 6. The number of para-hydroxylation sites is 2. The quantitative estimate of drug-likeness (QED) is 0.189. The lowest BCUT2D eigenvalue weighted by Crippen LogP contribution is -2.45. The Balaban J connectivity index is 1.64. The van der Waals surface area contributed by atoms with Gasteiger partial charge in [-0.25, -0.2) is 14.3 Å². The second-order valence-electron chi connectivity index (χ2n) is 7.96. The lowest BCUT2D eigenvalue weighted by Gasteiger charge is -2.25. The van der Waals surface area contributed by atoms with Gasteiger partial charge in [0.15, 0.2) is 5.78 Å². The molecule has 0 saturated carbocycles. The number of carbonyl (C=O) groups is 3. The molecule has 4 rings (SSSR count). The van der Waals surface area contributed by atoms with Crippen LogP contribution in [0.25, 0.3) is 11.8 Å². The predicted octanol–water partition coefficient (Wildman–Crippen LogP) is 2.65. The van der Waals surface area contributed by atoms with Gasteiger partial charge in [0, 0.05) is 0 Å². The Morgan fingerprint density at radius 1 is 0.917 bits per heavy atom. The molecule has 1 fully saturated rings. The van der Waals surface area contributed by atoms with Crippen LogP contribution in [-0.2, 0) is 14.4 Å². The van der Waals surface area contributed by atoms with Crippen molar-refractivity contribution in [1.82, 2.24) is 9.55 Å². The van der Waals surface area contributed by atoms with Crippen LogP contribution in [-0.4, -0.2) is 32.3 Å². The van der Waals surface area contributed by atoms with Crippen LogP contribution >= 0.6 is 0 Å². The van der Waals surface area contributed by atoms with Crippen LogP contribution in [0, 0.1) is 0 Å². The summed E-state index contributed by atoms with van der Waals surface area (Å²) in [5, 5.41) is 10.6. The second-order valence-corrected chi connectivity index (χ2v) is 7.96. The number of hydrogen-bond donors (Lipinski definition) is 2. The molecule has 0 atom stereocenters. The van der Waals surface area contributed by atoms with Gasteiger partial charge in [0.25, 0.3) is 11.5 Å². The summed E-state index contributed by atoms with van der Waals surface area (Å²) >= 11 is 0. The Labute approximate surface area is 204 Å². The summed E-state index contributed by atoms with van der Waals surface area (Å²) in [5.41, 5.74) is -0.590. The molecule has 1 aromatic heterocycles. The predicted molar refractivity (Wildman–Crippen MR) is 134 cm³/mol. The maximum atomic E-state index is 12.9. The number of nitrogens with one attached hydrogen (secondary N) is 1. The van der Waals surface area contributed by atoms with E-state index < -0.39 is 41.1 Å². The minimum Gasteiger partial charge on any atom is -0.494 e. The minimum absolute atomic E-state index is 0.149. The molecule has 2 aromatic carbocycles. The maximum Gasteiger partial charge on any atom is 0.335 e. The molecule has 36 heavy (non-hydrogen) atoms. The number of benzene rings is 2. The van der Waals surface area contributed by atoms with E-state index in [1.54, 1.807) is 67.6 Å². The molecule has 2 N–H and O–H groups in total. The number of piperidine rings is 1. The van der Waals surface area contributed by atoms with Crippen LogP contribution in [0.2, 0.25) is 0 Å². The molecule has 0 radical (unpaired) electrons. The number of aromatic amines is 1. The number of aromatic hydroxyl groups is 1. The van der Waals surface area contributed by atoms with Crippen LogP contribution in [0.3, 0.4) is 0 Å². The van der Waals surface area contributed by atoms with Crippen molar-refractivity contribution in [3.05, 3.63) is 116 Å². The number of rotatable bonds is 5. The summed E-state index contributed by atoms with van der Waals surface area (Å²) in [6.07, 6.45) is 5.18. The Morgan fingerprint density at radius 2 is 1.53 bits per heavy atom. The fraction of sp³-hybridized carbons (Fsp3) is 0.0741. The molecule has 180 valence electrons. The number of ketones is 1. The molecule has 9 nitrogen and oxygen atoms in total. The van der Waals surface area contributed by atoms with E-state index in [1.807, 2.05) is 0 Å². The largest absolute Gasteiger partial charge is 0.494 e. The molecule has 2 heterocycles. The van der Waals surface area contributed by atoms with Crippen molar-refractivity contribution < 1.29 is 19.5 Å². The van der Waals surface area contributed by atoms with Crippen molar-refractivity contribution in [3.63, 3.8) is 0 Å². The van der Waals surface area contributed by atoms with Gasteiger partial charge in [-0.15, -0.1) is 0 Å². The van der Waals surface area contributed by atoms with E-state index in [-0.39, 0.29) is 11.1 Å². The molecular formula is C27H21N3O6. The van der Waals surface area contributed by atoms with Crippen molar-refractivity contribution in [2.45, 2.75) is 13.3 Å². The highest BCUT2D eigenvalue weighted by molar-refractivity contribution is 6.39. The fourth-order valence-electron chi connectivity index (χ4n) is 3.66. The van der Waals surface area contributed by atoms with E-state index in [9.17, 15) is 29.1 Å². The van der Waals surface area contributed by atoms with Gasteiger partial charge in [0.2, 0.25) is 11.8 Å². The molecule has 1 aliphatic heterocycles. The normalized spacial score (nSPS) is 15.8. The van der Waals surface area contributed by atoms with Crippen LogP contribution in [0.1, 0.15) is 18.9 Å². The second kappa shape index (κ2) is 10.1. The molecule has 0 bridgehead atoms. The highest BCUT2D eigenvalue weighted by atomic mass is 16.3. The van der Waals surface area contributed by atoms with Crippen molar-refractivity contribution in [2.75, 3.05) is 4.90 Å². The van der Waals surface area contributed by atoms with E-state index in [2.05, 4.69) is 4.98 Å². The molecule has 0 aliphatic carbocycles. The third kappa shape index (κ3) is 4.76. The number of H-pyrrole nitrogens is 1. The first-order valence-corrected chi connectivity index (χ1v) is 10.9. The van der Waals surface area contributed by atoms with Crippen LogP contribution in [0.4, 0.5) is 5.69 Å². The van der Waals surface area contributed by atoms with Gasteiger partial charge in [0.05, 0.1) is 23.4 Å². The Bertz CT molecular complexity index is 1560. The zero-order chi connectivity index (χ0) is 25.8. The van der Waals surface area contributed by atoms with Gasteiger partial charge in [-0.1, -0.05) is 54.1 Å². The monoisotopic (exact) mass is 483 g/mol. The van der Waals surface area contributed by atoms with E-state index in [4.69, 9.17) is 0 Å². The molecular weight excluding hydrogens is 462 g/mol. The molecule has 0 spiro atoms. The smallest absolute Gasteiger partial charge is 0.335 e.